The summed E-state index contributed by atoms with van der Waals surface area (Å²) in [6.07, 6.45) is 12.1. The van der Waals surface area contributed by atoms with Gasteiger partial charge >= 0.3 is 0 Å². The van der Waals surface area contributed by atoms with Crippen molar-refractivity contribution in [2.24, 2.45) is 5.73 Å². The zero-order valence-corrected chi connectivity index (χ0v) is 10.9. The number of rotatable bonds is 3. The second-order valence-electron chi connectivity index (χ2n) is 5.95. The zero-order valence-electron chi connectivity index (χ0n) is 10.9. The molecule has 0 amide bonds. The Morgan fingerprint density at radius 1 is 1.12 bits per heavy atom. The van der Waals surface area contributed by atoms with E-state index in [9.17, 15) is 0 Å². The standard InChI is InChI=1S/C14H28N2/c1-2-13-8-4-3-7-11-16(13)12-14(15)9-5-6-10-14/h13H,2-12,15H2,1H3. The Kier molecular flexibility index (Phi) is 4.26. The SMILES string of the molecule is CCC1CCCCCN1CC1(N)CCCC1. The molecule has 2 N–H and O–H groups in total. The number of nitrogens with two attached hydrogens (primary N) is 1. The topological polar surface area (TPSA) is 29.3 Å². The molecule has 0 bridgehead atoms. The van der Waals surface area contributed by atoms with Gasteiger partial charge in [-0.05, 0) is 38.6 Å². The molecule has 2 fully saturated rings. The molecule has 2 rings (SSSR count). The van der Waals surface area contributed by atoms with Crippen molar-refractivity contribution in [3.8, 4) is 0 Å². The van der Waals surface area contributed by atoms with Crippen LogP contribution in [0.1, 0.15) is 64.7 Å². The van der Waals surface area contributed by atoms with Gasteiger partial charge in [0, 0.05) is 18.1 Å². The van der Waals surface area contributed by atoms with Crippen LogP contribution in [0.15, 0.2) is 0 Å². The van der Waals surface area contributed by atoms with Crippen molar-refractivity contribution in [1.29, 1.82) is 0 Å². The van der Waals surface area contributed by atoms with Gasteiger partial charge in [0.1, 0.15) is 0 Å². The summed E-state index contributed by atoms with van der Waals surface area (Å²) in [7, 11) is 0. The highest BCUT2D eigenvalue weighted by Crippen LogP contribution is 2.30. The van der Waals surface area contributed by atoms with Gasteiger partial charge in [0.15, 0.2) is 0 Å². The molecule has 0 aromatic rings. The quantitative estimate of drug-likeness (QED) is 0.798. The highest BCUT2D eigenvalue weighted by molar-refractivity contribution is 4.93. The molecular formula is C14H28N2. The van der Waals surface area contributed by atoms with E-state index < -0.39 is 0 Å². The van der Waals surface area contributed by atoms with Crippen LogP contribution in [-0.4, -0.2) is 29.6 Å². The van der Waals surface area contributed by atoms with E-state index in [2.05, 4.69) is 11.8 Å². The summed E-state index contributed by atoms with van der Waals surface area (Å²) in [6.45, 7) is 4.78. The van der Waals surface area contributed by atoms with Crippen LogP contribution in [0.2, 0.25) is 0 Å². The van der Waals surface area contributed by atoms with Crippen LogP contribution in [0.5, 0.6) is 0 Å². The predicted octanol–water partition coefficient (Wildman–Crippen LogP) is 2.91. The van der Waals surface area contributed by atoms with E-state index in [4.69, 9.17) is 5.73 Å². The van der Waals surface area contributed by atoms with Crippen LogP contribution in [0.25, 0.3) is 0 Å². The highest BCUT2D eigenvalue weighted by atomic mass is 15.2. The fraction of sp³-hybridized carbons (Fsp3) is 1.00. The highest BCUT2D eigenvalue weighted by Gasteiger charge is 2.33. The molecule has 0 radical (unpaired) electrons. The van der Waals surface area contributed by atoms with E-state index in [1.54, 1.807) is 0 Å². The van der Waals surface area contributed by atoms with Crippen molar-refractivity contribution >= 4 is 0 Å². The van der Waals surface area contributed by atoms with Crippen molar-refractivity contribution in [2.45, 2.75) is 76.3 Å². The minimum atomic E-state index is 0.151. The number of hydrogen-bond acceptors (Lipinski definition) is 2. The molecule has 1 saturated heterocycles. The van der Waals surface area contributed by atoms with Gasteiger partial charge in [-0.2, -0.15) is 0 Å². The molecule has 1 unspecified atom stereocenters. The first-order chi connectivity index (χ1) is 7.73. The first kappa shape index (κ1) is 12.4. The molecule has 1 heterocycles. The van der Waals surface area contributed by atoms with E-state index in [1.807, 2.05) is 0 Å². The second kappa shape index (κ2) is 5.50. The van der Waals surface area contributed by atoms with E-state index in [0.29, 0.717) is 0 Å². The number of likely N-dealkylation sites (tertiary alicyclic amines) is 1. The monoisotopic (exact) mass is 224 g/mol. The average Bonchev–Trinajstić information content (AvgIpc) is 2.57. The summed E-state index contributed by atoms with van der Waals surface area (Å²) in [5.41, 5.74) is 6.67. The van der Waals surface area contributed by atoms with Gasteiger partial charge in [-0.1, -0.05) is 32.6 Å². The minimum Gasteiger partial charge on any atom is -0.324 e. The zero-order chi connectivity index (χ0) is 11.4. The Balaban J connectivity index is 1.94. The van der Waals surface area contributed by atoms with E-state index in [0.717, 1.165) is 12.6 Å². The third-order valence-corrected chi connectivity index (χ3v) is 4.59. The van der Waals surface area contributed by atoms with E-state index in [-0.39, 0.29) is 5.54 Å². The third-order valence-electron chi connectivity index (χ3n) is 4.59. The molecular weight excluding hydrogens is 196 g/mol. The van der Waals surface area contributed by atoms with Crippen LogP contribution in [0.4, 0.5) is 0 Å². The van der Waals surface area contributed by atoms with Crippen LogP contribution < -0.4 is 5.73 Å². The van der Waals surface area contributed by atoms with Crippen molar-refractivity contribution in [3.05, 3.63) is 0 Å². The lowest BCUT2D eigenvalue weighted by atomic mass is 9.96. The smallest absolute Gasteiger partial charge is 0.0283 e. The van der Waals surface area contributed by atoms with Gasteiger partial charge in [0.05, 0.1) is 0 Å². The maximum absolute atomic E-state index is 6.52. The van der Waals surface area contributed by atoms with Gasteiger partial charge in [0.25, 0.3) is 0 Å². The molecule has 0 spiro atoms. The largest absolute Gasteiger partial charge is 0.324 e. The van der Waals surface area contributed by atoms with Crippen LogP contribution in [-0.2, 0) is 0 Å². The molecule has 2 heteroatoms. The summed E-state index contributed by atoms with van der Waals surface area (Å²) in [6, 6.07) is 0.809. The Hall–Kier alpha value is -0.0800. The Labute approximate surface area is 101 Å². The maximum Gasteiger partial charge on any atom is 0.0283 e. The Bertz CT molecular complexity index is 209. The summed E-state index contributed by atoms with van der Waals surface area (Å²) >= 11 is 0. The van der Waals surface area contributed by atoms with Crippen LogP contribution in [0, 0.1) is 0 Å². The van der Waals surface area contributed by atoms with Crippen molar-refractivity contribution in [2.75, 3.05) is 13.1 Å². The molecule has 94 valence electrons. The Morgan fingerprint density at radius 3 is 2.56 bits per heavy atom. The van der Waals surface area contributed by atoms with Crippen molar-refractivity contribution in [1.82, 2.24) is 4.90 Å². The first-order valence-corrected chi connectivity index (χ1v) is 7.26. The second-order valence-corrected chi connectivity index (χ2v) is 5.95. The fourth-order valence-electron chi connectivity index (χ4n) is 3.55. The van der Waals surface area contributed by atoms with Gasteiger partial charge in [-0.3, -0.25) is 4.90 Å². The van der Waals surface area contributed by atoms with E-state index in [1.165, 1.54) is 64.3 Å². The molecule has 0 aromatic heterocycles. The maximum atomic E-state index is 6.52. The lowest BCUT2D eigenvalue weighted by Gasteiger charge is -2.36. The normalized spacial score (nSPS) is 31.5. The molecule has 1 saturated carbocycles. The fourth-order valence-corrected chi connectivity index (χ4v) is 3.55. The number of hydrogen-bond donors (Lipinski definition) is 1. The predicted molar refractivity (Wildman–Crippen MR) is 69.5 cm³/mol. The molecule has 2 aliphatic rings. The molecule has 16 heavy (non-hydrogen) atoms. The lowest BCUT2D eigenvalue weighted by Crippen LogP contribution is -2.51. The lowest BCUT2D eigenvalue weighted by molar-refractivity contribution is 0.151. The molecule has 2 nitrogen and oxygen atoms in total. The summed E-state index contributed by atoms with van der Waals surface area (Å²) in [5, 5.41) is 0. The summed E-state index contributed by atoms with van der Waals surface area (Å²) in [4.78, 5) is 2.71. The van der Waals surface area contributed by atoms with Crippen molar-refractivity contribution in [3.63, 3.8) is 0 Å². The summed E-state index contributed by atoms with van der Waals surface area (Å²) < 4.78 is 0. The van der Waals surface area contributed by atoms with Gasteiger partial charge in [-0.15, -0.1) is 0 Å². The summed E-state index contributed by atoms with van der Waals surface area (Å²) in [5.74, 6) is 0. The van der Waals surface area contributed by atoms with Gasteiger partial charge in [0.2, 0.25) is 0 Å². The molecule has 1 aliphatic heterocycles. The molecule has 0 aromatic carbocycles. The molecule has 1 atom stereocenters. The van der Waals surface area contributed by atoms with E-state index >= 15 is 0 Å². The van der Waals surface area contributed by atoms with Crippen LogP contribution >= 0.6 is 0 Å². The van der Waals surface area contributed by atoms with Crippen LogP contribution in [0.3, 0.4) is 0 Å². The minimum absolute atomic E-state index is 0.151. The average molecular weight is 224 g/mol. The van der Waals surface area contributed by atoms with Crippen molar-refractivity contribution < 1.29 is 0 Å². The number of nitrogens with zero attached hydrogens (tertiary/aromatic N) is 1. The van der Waals surface area contributed by atoms with Gasteiger partial charge < -0.3 is 5.73 Å². The first-order valence-electron chi connectivity index (χ1n) is 7.26. The van der Waals surface area contributed by atoms with Gasteiger partial charge in [-0.25, -0.2) is 0 Å². The molecule has 1 aliphatic carbocycles. The Morgan fingerprint density at radius 2 is 1.88 bits per heavy atom. The third kappa shape index (κ3) is 2.98.